The quantitative estimate of drug-likeness (QED) is 0.809. The van der Waals surface area contributed by atoms with Crippen LogP contribution >= 0.6 is 28.1 Å². The Morgan fingerprint density at radius 2 is 2.24 bits per heavy atom. The molecule has 17 heavy (non-hydrogen) atoms. The van der Waals surface area contributed by atoms with E-state index >= 15 is 0 Å². The van der Waals surface area contributed by atoms with E-state index in [1.54, 1.807) is 0 Å². The van der Waals surface area contributed by atoms with Crippen molar-refractivity contribution in [3.05, 3.63) is 28.2 Å². The van der Waals surface area contributed by atoms with E-state index in [-0.39, 0.29) is 0 Å². The van der Waals surface area contributed by atoms with Gasteiger partial charge in [-0.15, -0.1) is 0 Å². The molecule has 94 valence electrons. The summed E-state index contributed by atoms with van der Waals surface area (Å²) in [4.78, 5) is 0.365. The summed E-state index contributed by atoms with van der Waals surface area (Å²) in [5, 5.41) is 0. The Labute approximate surface area is 117 Å². The molecule has 0 aliphatic carbocycles. The van der Waals surface area contributed by atoms with Crippen LogP contribution < -0.4 is 10.5 Å². The highest BCUT2D eigenvalue weighted by Crippen LogP contribution is 2.24. The maximum Gasteiger partial charge on any atom is 0.129 e. The Morgan fingerprint density at radius 3 is 2.82 bits per heavy atom. The first kappa shape index (κ1) is 14.5. The molecule has 0 spiro atoms. The first-order valence-electron chi connectivity index (χ1n) is 5.76. The molecular weight excluding hydrogens is 298 g/mol. The van der Waals surface area contributed by atoms with Crippen LogP contribution in [0.25, 0.3) is 0 Å². The molecule has 1 aromatic carbocycles. The molecular formula is C13H18BrNOS. The predicted octanol–water partition coefficient (Wildman–Crippen LogP) is 3.90. The van der Waals surface area contributed by atoms with Crippen molar-refractivity contribution < 1.29 is 4.74 Å². The normalized spacial score (nSPS) is 12.2. The van der Waals surface area contributed by atoms with E-state index in [1.807, 2.05) is 18.2 Å². The first-order chi connectivity index (χ1) is 8.04. The Bertz CT molecular complexity index is 395. The van der Waals surface area contributed by atoms with Gasteiger partial charge in [0.1, 0.15) is 10.7 Å². The van der Waals surface area contributed by atoms with Gasteiger partial charge in [0.2, 0.25) is 0 Å². The van der Waals surface area contributed by atoms with Crippen LogP contribution in [0.5, 0.6) is 5.75 Å². The molecule has 0 bridgehead atoms. The van der Waals surface area contributed by atoms with E-state index < -0.39 is 0 Å². The van der Waals surface area contributed by atoms with Crippen LogP contribution in [0, 0.1) is 5.92 Å². The minimum atomic E-state index is 0.365. The fraction of sp³-hybridized carbons (Fsp3) is 0.462. The molecule has 2 N–H and O–H groups in total. The minimum Gasteiger partial charge on any atom is -0.493 e. The highest BCUT2D eigenvalue weighted by Gasteiger charge is 2.09. The number of nitrogens with two attached hydrogens (primary N) is 1. The predicted molar refractivity (Wildman–Crippen MR) is 79.6 cm³/mol. The van der Waals surface area contributed by atoms with E-state index in [0.717, 1.165) is 15.8 Å². The zero-order chi connectivity index (χ0) is 12.8. The van der Waals surface area contributed by atoms with E-state index in [2.05, 4.69) is 29.8 Å². The molecule has 1 unspecified atom stereocenters. The summed E-state index contributed by atoms with van der Waals surface area (Å²) in [6.45, 7) is 5.06. The van der Waals surface area contributed by atoms with Crippen LogP contribution in [0.1, 0.15) is 32.3 Å². The molecule has 0 aliphatic rings. The van der Waals surface area contributed by atoms with Gasteiger partial charge >= 0.3 is 0 Å². The summed E-state index contributed by atoms with van der Waals surface area (Å²) in [6, 6.07) is 5.72. The molecule has 1 aromatic rings. The van der Waals surface area contributed by atoms with Crippen molar-refractivity contribution in [3.8, 4) is 5.75 Å². The third-order valence-corrected chi connectivity index (χ3v) is 3.23. The second-order valence-electron chi connectivity index (χ2n) is 4.21. The number of thiocarbonyl (C=S) groups is 1. The summed E-state index contributed by atoms with van der Waals surface area (Å²) in [5.74, 6) is 1.31. The van der Waals surface area contributed by atoms with Crippen molar-refractivity contribution in [1.82, 2.24) is 0 Å². The summed E-state index contributed by atoms with van der Waals surface area (Å²) in [6.07, 6.45) is 2.34. The second-order valence-corrected chi connectivity index (χ2v) is 5.57. The Morgan fingerprint density at radius 1 is 1.53 bits per heavy atom. The fourth-order valence-electron chi connectivity index (χ4n) is 1.63. The lowest BCUT2D eigenvalue weighted by Crippen LogP contribution is -2.14. The lowest BCUT2D eigenvalue weighted by atomic mass is 10.1. The van der Waals surface area contributed by atoms with Crippen LogP contribution in [-0.2, 0) is 0 Å². The average molecular weight is 316 g/mol. The number of rotatable bonds is 6. The SMILES string of the molecule is CCCC(C)COc1ccc(Br)cc1C(N)=S. The standard InChI is InChI=1S/C13H18BrNOS/c1-3-4-9(2)8-16-12-6-5-10(14)7-11(12)13(15)17/h5-7,9H,3-4,8H2,1-2H3,(H2,15,17). The van der Waals surface area contributed by atoms with E-state index in [4.69, 9.17) is 22.7 Å². The van der Waals surface area contributed by atoms with E-state index in [1.165, 1.54) is 12.8 Å². The van der Waals surface area contributed by atoms with E-state index in [9.17, 15) is 0 Å². The van der Waals surface area contributed by atoms with Crippen LogP contribution in [-0.4, -0.2) is 11.6 Å². The monoisotopic (exact) mass is 315 g/mol. The molecule has 4 heteroatoms. The Hall–Kier alpha value is -0.610. The summed E-state index contributed by atoms with van der Waals surface area (Å²) < 4.78 is 6.73. The Kier molecular flexibility index (Phi) is 5.92. The van der Waals surface area contributed by atoms with Gasteiger partial charge in [-0.05, 0) is 30.5 Å². The summed E-state index contributed by atoms with van der Waals surface area (Å²) in [5.41, 5.74) is 6.47. The van der Waals surface area contributed by atoms with Crippen LogP contribution in [0.15, 0.2) is 22.7 Å². The maximum absolute atomic E-state index is 5.78. The van der Waals surface area contributed by atoms with Gasteiger partial charge in [0.05, 0.1) is 12.2 Å². The average Bonchev–Trinajstić information content (AvgIpc) is 2.27. The molecule has 0 aromatic heterocycles. The number of benzene rings is 1. The number of hydrogen-bond donors (Lipinski definition) is 1. The van der Waals surface area contributed by atoms with Crippen molar-refractivity contribution in [2.45, 2.75) is 26.7 Å². The topological polar surface area (TPSA) is 35.2 Å². The molecule has 0 amide bonds. The highest BCUT2D eigenvalue weighted by molar-refractivity contribution is 9.10. The second kappa shape index (κ2) is 6.97. The van der Waals surface area contributed by atoms with Gasteiger partial charge in [0, 0.05) is 4.47 Å². The maximum atomic E-state index is 5.78. The smallest absolute Gasteiger partial charge is 0.129 e. The first-order valence-corrected chi connectivity index (χ1v) is 6.96. The van der Waals surface area contributed by atoms with Gasteiger partial charge in [-0.1, -0.05) is 48.4 Å². The van der Waals surface area contributed by atoms with Crippen molar-refractivity contribution in [2.75, 3.05) is 6.61 Å². The zero-order valence-corrected chi connectivity index (χ0v) is 12.6. The molecule has 1 atom stereocenters. The van der Waals surface area contributed by atoms with Crippen molar-refractivity contribution in [2.24, 2.45) is 11.7 Å². The highest BCUT2D eigenvalue weighted by atomic mass is 79.9. The van der Waals surface area contributed by atoms with E-state index in [0.29, 0.717) is 17.5 Å². The van der Waals surface area contributed by atoms with Gasteiger partial charge in [-0.2, -0.15) is 0 Å². The van der Waals surface area contributed by atoms with Gasteiger partial charge in [-0.25, -0.2) is 0 Å². The molecule has 1 rings (SSSR count). The minimum absolute atomic E-state index is 0.365. The van der Waals surface area contributed by atoms with Gasteiger partial charge in [0.15, 0.2) is 0 Å². The van der Waals surface area contributed by atoms with Gasteiger partial charge in [0.25, 0.3) is 0 Å². The zero-order valence-electron chi connectivity index (χ0n) is 10.2. The lowest BCUT2D eigenvalue weighted by Gasteiger charge is -2.14. The number of hydrogen-bond acceptors (Lipinski definition) is 2. The molecule has 0 heterocycles. The summed E-state index contributed by atoms with van der Waals surface area (Å²) in [7, 11) is 0. The lowest BCUT2D eigenvalue weighted by molar-refractivity contribution is 0.251. The molecule has 0 saturated carbocycles. The molecule has 0 saturated heterocycles. The largest absolute Gasteiger partial charge is 0.493 e. The molecule has 0 radical (unpaired) electrons. The number of halogens is 1. The van der Waals surface area contributed by atoms with Crippen molar-refractivity contribution in [3.63, 3.8) is 0 Å². The third-order valence-electron chi connectivity index (χ3n) is 2.51. The Balaban J connectivity index is 2.73. The molecule has 2 nitrogen and oxygen atoms in total. The third kappa shape index (κ3) is 4.64. The summed E-state index contributed by atoms with van der Waals surface area (Å²) >= 11 is 8.42. The van der Waals surface area contributed by atoms with Crippen molar-refractivity contribution in [1.29, 1.82) is 0 Å². The molecule has 0 fully saturated rings. The van der Waals surface area contributed by atoms with Gasteiger partial charge < -0.3 is 10.5 Å². The molecule has 0 aliphatic heterocycles. The fourth-order valence-corrected chi connectivity index (χ4v) is 2.15. The van der Waals surface area contributed by atoms with Gasteiger partial charge in [-0.3, -0.25) is 0 Å². The van der Waals surface area contributed by atoms with Crippen molar-refractivity contribution >= 4 is 33.1 Å². The number of ether oxygens (including phenoxy) is 1. The van der Waals surface area contributed by atoms with Crippen LogP contribution in [0.4, 0.5) is 0 Å². The van der Waals surface area contributed by atoms with Crippen LogP contribution in [0.3, 0.4) is 0 Å². The van der Waals surface area contributed by atoms with Crippen LogP contribution in [0.2, 0.25) is 0 Å².